The maximum absolute atomic E-state index is 12.9. The molecule has 3 aromatic rings. The first kappa shape index (κ1) is 18.9. The number of carbonyl (C=O) groups excluding carboxylic acids is 1. The molecule has 0 saturated heterocycles. The van der Waals surface area contributed by atoms with Crippen molar-refractivity contribution in [3.8, 4) is 11.7 Å². The fourth-order valence-corrected chi connectivity index (χ4v) is 3.80. The lowest BCUT2D eigenvalue weighted by molar-refractivity contribution is -0.125. The monoisotopic (exact) mass is 390 g/mol. The summed E-state index contributed by atoms with van der Waals surface area (Å²) in [5.74, 6) is -0.0961. The molecule has 2 N–H and O–H groups in total. The van der Waals surface area contributed by atoms with Crippen LogP contribution in [-0.4, -0.2) is 26.8 Å². The Balaban J connectivity index is 1.73. The van der Waals surface area contributed by atoms with Crippen LogP contribution >= 0.6 is 0 Å². The second kappa shape index (κ2) is 8.26. The van der Waals surface area contributed by atoms with Gasteiger partial charge in [-0.1, -0.05) is 43.5 Å². The molecule has 1 amide bonds. The van der Waals surface area contributed by atoms with Crippen LogP contribution in [0.1, 0.15) is 37.7 Å². The van der Waals surface area contributed by atoms with Crippen LogP contribution in [0.15, 0.2) is 58.6 Å². The fourth-order valence-electron chi connectivity index (χ4n) is 3.80. The van der Waals surface area contributed by atoms with Crippen LogP contribution in [0, 0.1) is 5.92 Å². The van der Waals surface area contributed by atoms with Crippen molar-refractivity contribution in [3.63, 3.8) is 0 Å². The van der Waals surface area contributed by atoms with Crippen molar-refractivity contribution < 1.29 is 9.90 Å². The van der Waals surface area contributed by atoms with Crippen molar-refractivity contribution in [2.45, 2.75) is 32.1 Å². The summed E-state index contributed by atoms with van der Waals surface area (Å²) in [6.07, 6.45) is 7.97. The zero-order chi connectivity index (χ0) is 20.2. The first-order chi connectivity index (χ1) is 14.2. The summed E-state index contributed by atoms with van der Waals surface area (Å²) in [7, 11) is 0. The smallest absolute Gasteiger partial charge is 0.267 e. The number of nitrogens with one attached hydrogen (secondary N) is 1. The predicted molar refractivity (Wildman–Crippen MR) is 111 cm³/mol. The molecule has 0 bridgehead atoms. The molecule has 2 aromatic heterocycles. The minimum atomic E-state index is -0.375. The lowest BCUT2D eigenvalue weighted by atomic mass is 9.89. The van der Waals surface area contributed by atoms with Gasteiger partial charge in [-0.15, -0.1) is 0 Å². The summed E-state index contributed by atoms with van der Waals surface area (Å²) in [4.78, 5) is 29.4. The third kappa shape index (κ3) is 3.76. The van der Waals surface area contributed by atoms with E-state index in [4.69, 9.17) is 0 Å². The summed E-state index contributed by atoms with van der Waals surface area (Å²) < 4.78 is 1.15. The summed E-state index contributed by atoms with van der Waals surface area (Å²) in [6.45, 7) is 0. The minimum absolute atomic E-state index is 0.0197. The Morgan fingerprint density at radius 1 is 1.10 bits per heavy atom. The van der Waals surface area contributed by atoms with Gasteiger partial charge in [0.05, 0.1) is 11.8 Å². The van der Waals surface area contributed by atoms with Crippen LogP contribution in [0.2, 0.25) is 0 Å². The van der Waals surface area contributed by atoms with E-state index in [-0.39, 0.29) is 23.3 Å². The third-order valence-electron chi connectivity index (χ3n) is 5.33. The van der Waals surface area contributed by atoms with Crippen LogP contribution < -0.4 is 11.0 Å². The van der Waals surface area contributed by atoms with Crippen molar-refractivity contribution in [2.24, 2.45) is 11.0 Å². The minimum Gasteiger partial charge on any atom is -0.494 e. The van der Waals surface area contributed by atoms with Crippen molar-refractivity contribution in [1.82, 2.24) is 15.0 Å². The molecule has 1 saturated carbocycles. The van der Waals surface area contributed by atoms with Gasteiger partial charge in [-0.3, -0.25) is 9.59 Å². The Bertz CT molecular complexity index is 1120. The van der Waals surface area contributed by atoms with Crippen LogP contribution in [0.25, 0.3) is 16.6 Å². The summed E-state index contributed by atoms with van der Waals surface area (Å²) in [5, 5.41) is 15.9. The number of carbonyl (C=O) groups is 1. The quantitative estimate of drug-likeness (QED) is 0.528. The molecule has 1 aliphatic carbocycles. The maximum atomic E-state index is 12.9. The van der Waals surface area contributed by atoms with Gasteiger partial charge in [-0.25, -0.2) is 15.0 Å². The third-order valence-corrected chi connectivity index (χ3v) is 5.33. The van der Waals surface area contributed by atoms with E-state index < -0.39 is 0 Å². The average molecular weight is 390 g/mol. The fraction of sp³-hybridized carbons (Fsp3) is 0.273. The molecule has 4 rings (SSSR count). The number of nitrogens with zero attached hydrogens (tertiary/aromatic N) is 3. The highest BCUT2D eigenvalue weighted by molar-refractivity contribution is 6.02. The zero-order valence-electron chi connectivity index (χ0n) is 15.9. The normalized spacial score (nSPS) is 15.0. The highest BCUT2D eigenvalue weighted by atomic mass is 16.3. The molecule has 2 heterocycles. The number of pyridine rings is 2. The number of hydrogen-bond donors (Lipinski definition) is 2. The van der Waals surface area contributed by atoms with Gasteiger partial charge in [-0.05, 0) is 31.0 Å². The zero-order valence-corrected chi connectivity index (χ0v) is 15.9. The first-order valence-corrected chi connectivity index (χ1v) is 9.78. The number of aromatic nitrogens is 2. The van der Waals surface area contributed by atoms with Gasteiger partial charge < -0.3 is 5.11 Å². The lowest BCUT2D eigenvalue weighted by Crippen LogP contribution is -2.28. The van der Waals surface area contributed by atoms with Crippen molar-refractivity contribution in [3.05, 3.63) is 64.6 Å². The SMILES string of the molecule is O=C(N/N=C/c1c(O)n(-c2ccccn2)c(=O)c2ccccc12)C1CCCCC1. The molecule has 1 fully saturated rings. The van der Waals surface area contributed by atoms with E-state index in [1.165, 1.54) is 12.6 Å². The molecule has 0 aliphatic heterocycles. The van der Waals surface area contributed by atoms with Crippen molar-refractivity contribution >= 4 is 22.9 Å². The Kier molecular flexibility index (Phi) is 5.37. The number of fused-ring (bicyclic) bond motifs is 1. The Morgan fingerprint density at radius 2 is 1.83 bits per heavy atom. The number of hydrogen-bond acceptors (Lipinski definition) is 5. The summed E-state index contributed by atoms with van der Waals surface area (Å²) in [6, 6.07) is 12.1. The van der Waals surface area contributed by atoms with E-state index in [2.05, 4.69) is 15.5 Å². The second-order valence-corrected chi connectivity index (χ2v) is 7.18. The van der Waals surface area contributed by atoms with Gasteiger partial charge in [0, 0.05) is 22.9 Å². The molecular weight excluding hydrogens is 368 g/mol. The molecular formula is C22H22N4O3. The standard InChI is InChI=1S/C22H22N4O3/c27-20(15-8-2-1-3-9-15)25-24-14-18-16-10-4-5-11-17(16)21(28)26(22(18)29)19-12-6-7-13-23-19/h4-7,10-15,29H,1-3,8-9H2,(H,25,27)/b24-14+. The topological polar surface area (TPSA) is 96.6 Å². The lowest BCUT2D eigenvalue weighted by Gasteiger charge is -2.19. The Labute approximate surface area is 167 Å². The molecule has 7 nitrogen and oxygen atoms in total. The maximum Gasteiger partial charge on any atom is 0.267 e. The Morgan fingerprint density at radius 3 is 2.55 bits per heavy atom. The largest absolute Gasteiger partial charge is 0.494 e. The van der Waals surface area contributed by atoms with E-state index in [0.717, 1.165) is 30.3 Å². The van der Waals surface area contributed by atoms with E-state index in [1.54, 1.807) is 48.7 Å². The molecule has 0 atom stereocenters. The molecule has 29 heavy (non-hydrogen) atoms. The van der Waals surface area contributed by atoms with E-state index >= 15 is 0 Å². The number of aromatic hydroxyl groups is 1. The molecule has 148 valence electrons. The van der Waals surface area contributed by atoms with Crippen molar-refractivity contribution in [1.29, 1.82) is 0 Å². The molecule has 0 unspecified atom stereocenters. The highest BCUT2D eigenvalue weighted by Gasteiger charge is 2.21. The van der Waals surface area contributed by atoms with Crippen LogP contribution in [0.5, 0.6) is 5.88 Å². The van der Waals surface area contributed by atoms with E-state index in [0.29, 0.717) is 22.2 Å². The highest BCUT2D eigenvalue weighted by Crippen LogP contribution is 2.25. The molecule has 0 spiro atoms. The number of rotatable bonds is 4. The molecule has 1 aliphatic rings. The Hall–Kier alpha value is -3.48. The van der Waals surface area contributed by atoms with Gasteiger partial charge in [0.25, 0.3) is 5.56 Å². The van der Waals surface area contributed by atoms with Gasteiger partial charge >= 0.3 is 0 Å². The average Bonchev–Trinajstić information content (AvgIpc) is 2.77. The summed E-state index contributed by atoms with van der Waals surface area (Å²) >= 11 is 0. The predicted octanol–water partition coefficient (Wildman–Crippen LogP) is 3.12. The molecule has 7 heteroatoms. The van der Waals surface area contributed by atoms with Crippen LogP contribution in [-0.2, 0) is 4.79 Å². The number of hydrazone groups is 1. The second-order valence-electron chi connectivity index (χ2n) is 7.18. The van der Waals surface area contributed by atoms with Crippen LogP contribution in [0.3, 0.4) is 0 Å². The van der Waals surface area contributed by atoms with E-state index in [9.17, 15) is 14.7 Å². The summed E-state index contributed by atoms with van der Waals surface area (Å²) in [5.41, 5.74) is 2.55. The molecule has 1 aromatic carbocycles. The van der Waals surface area contributed by atoms with Gasteiger partial charge in [0.1, 0.15) is 5.82 Å². The van der Waals surface area contributed by atoms with Crippen molar-refractivity contribution in [2.75, 3.05) is 0 Å². The van der Waals surface area contributed by atoms with Crippen LogP contribution in [0.4, 0.5) is 0 Å². The van der Waals surface area contributed by atoms with Gasteiger partial charge in [-0.2, -0.15) is 5.10 Å². The van der Waals surface area contributed by atoms with Gasteiger partial charge in [0.2, 0.25) is 11.8 Å². The molecule has 0 radical (unpaired) electrons. The first-order valence-electron chi connectivity index (χ1n) is 9.78. The number of amides is 1. The number of benzene rings is 1. The van der Waals surface area contributed by atoms with E-state index in [1.807, 2.05) is 0 Å². The van der Waals surface area contributed by atoms with Gasteiger partial charge in [0.15, 0.2) is 0 Å².